The van der Waals surface area contributed by atoms with Crippen LogP contribution in [-0.4, -0.2) is 73.7 Å². The van der Waals surface area contributed by atoms with E-state index in [9.17, 15) is 0 Å². The normalized spacial score (nSPS) is 0. The van der Waals surface area contributed by atoms with Gasteiger partial charge in [-0.1, -0.05) is 0 Å². The van der Waals surface area contributed by atoms with Crippen molar-refractivity contribution in [1.82, 2.24) is 0 Å². The van der Waals surface area contributed by atoms with E-state index in [0.29, 0.717) is 0 Å². The van der Waals surface area contributed by atoms with Gasteiger partial charge in [0, 0.05) is 17.1 Å². The molecule has 0 aromatic carbocycles. The molecule has 4 heteroatoms. The summed E-state index contributed by atoms with van der Waals surface area (Å²) < 4.78 is 0. The van der Waals surface area contributed by atoms with Crippen LogP contribution in [-0.2, 0) is 17.1 Å². The molecular weight excluding hydrogens is 419 g/mol. The van der Waals surface area contributed by atoms with Gasteiger partial charge in [0.1, 0.15) is 0 Å². The molecule has 4 heavy (non-hydrogen) atoms. The molecular formula is H8BiCuMgSb. The molecule has 0 saturated heterocycles. The predicted octanol–water partition coefficient (Wildman–Crippen LogP) is -2.53. The Kier molecular flexibility index (Phi) is 117. The fraction of sp³-hybridized carbons (Fsp3) is 0. The van der Waals surface area contributed by atoms with Crippen LogP contribution in [0.4, 0.5) is 0 Å². The Morgan fingerprint density at radius 1 is 1.25 bits per heavy atom. The SMILES string of the molecule is [BiH3].[Cu].[H-].[H-].[Mg+2].[SbH3]. The van der Waals surface area contributed by atoms with E-state index in [1.807, 2.05) is 0 Å². The second-order valence-corrected chi connectivity index (χ2v) is 0. The standard InChI is InChI=1S/Bi.Cu.Mg.Sb.8H/q;;+2;;;;;;;;2*-1. The Bertz CT molecular complexity index is 13.5. The Balaban J connectivity index is 0. The van der Waals surface area contributed by atoms with Crippen molar-refractivity contribution >= 4 is 73.7 Å². The first-order valence-electron chi connectivity index (χ1n) is 0. The van der Waals surface area contributed by atoms with E-state index >= 15 is 0 Å². The van der Waals surface area contributed by atoms with Gasteiger partial charge in [-0.25, -0.2) is 0 Å². The van der Waals surface area contributed by atoms with Crippen LogP contribution in [0.3, 0.4) is 0 Å². The number of hydrogen-bond acceptors (Lipinski definition) is 0. The zero-order chi connectivity index (χ0) is 0. The second-order valence-electron chi connectivity index (χ2n) is 0. The first-order chi connectivity index (χ1) is 0. The summed E-state index contributed by atoms with van der Waals surface area (Å²) >= 11 is 0. The monoisotopic (exact) mass is 425 g/mol. The third kappa shape index (κ3) is 8.89. The molecule has 0 aromatic heterocycles. The first kappa shape index (κ1) is 28.1. The third-order valence-corrected chi connectivity index (χ3v) is 0. The van der Waals surface area contributed by atoms with Crippen molar-refractivity contribution in [3.63, 3.8) is 0 Å². The van der Waals surface area contributed by atoms with Gasteiger partial charge in [-0.05, 0) is 0 Å². The summed E-state index contributed by atoms with van der Waals surface area (Å²) in [6.45, 7) is 0. The first-order valence-corrected chi connectivity index (χ1v) is 0. The summed E-state index contributed by atoms with van der Waals surface area (Å²) in [7, 11) is 0. The summed E-state index contributed by atoms with van der Waals surface area (Å²) in [5.41, 5.74) is 0. The molecule has 0 aliphatic heterocycles. The van der Waals surface area contributed by atoms with E-state index in [4.69, 9.17) is 0 Å². The molecule has 31 valence electrons. The molecule has 0 heterocycles. The van der Waals surface area contributed by atoms with Crippen LogP contribution in [0.2, 0.25) is 0 Å². The molecule has 0 nitrogen and oxygen atoms in total. The molecule has 0 N–H and O–H groups in total. The van der Waals surface area contributed by atoms with Gasteiger partial charge < -0.3 is 2.85 Å². The minimum absolute atomic E-state index is 0. The molecule has 0 saturated carbocycles. The molecule has 0 unspecified atom stereocenters. The van der Waals surface area contributed by atoms with Crippen LogP contribution < -0.4 is 0 Å². The summed E-state index contributed by atoms with van der Waals surface area (Å²) in [4.78, 5) is 0. The van der Waals surface area contributed by atoms with Crippen molar-refractivity contribution in [2.75, 3.05) is 0 Å². The van der Waals surface area contributed by atoms with Crippen molar-refractivity contribution in [2.24, 2.45) is 0 Å². The number of rotatable bonds is 0. The Morgan fingerprint density at radius 2 is 1.25 bits per heavy atom. The third-order valence-electron chi connectivity index (χ3n) is 0. The van der Waals surface area contributed by atoms with Crippen LogP contribution in [0.1, 0.15) is 2.85 Å². The quantitative estimate of drug-likeness (QED) is 0.375. The Labute approximate surface area is 92.0 Å². The summed E-state index contributed by atoms with van der Waals surface area (Å²) in [5.74, 6) is 0. The average Bonchev–Trinajstić information content (AvgIpc) is 0. The predicted molar refractivity (Wildman–Crippen MR) is 27.9 cm³/mol. The molecule has 0 atom stereocenters. The molecule has 1 radical (unpaired) electrons. The van der Waals surface area contributed by atoms with Gasteiger partial charge in [0.2, 0.25) is 0 Å². The zero-order valence-corrected chi connectivity index (χ0v) is 14.3. The molecule has 0 spiro atoms. The van der Waals surface area contributed by atoms with Gasteiger partial charge in [0.15, 0.2) is 0 Å². The van der Waals surface area contributed by atoms with Gasteiger partial charge in [-0.3, -0.25) is 0 Å². The van der Waals surface area contributed by atoms with Crippen LogP contribution in [0.15, 0.2) is 0 Å². The van der Waals surface area contributed by atoms with E-state index in [2.05, 4.69) is 0 Å². The van der Waals surface area contributed by atoms with Crippen molar-refractivity contribution in [3.8, 4) is 0 Å². The molecule has 0 bridgehead atoms. The van der Waals surface area contributed by atoms with E-state index in [-0.39, 0.29) is 93.6 Å². The molecule has 0 aliphatic carbocycles. The summed E-state index contributed by atoms with van der Waals surface area (Å²) in [5, 5.41) is 0. The molecule has 0 rings (SSSR count). The molecule has 0 fully saturated rings. The minimum atomic E-state index is 0. The van der Waals surface area contributed by atoms with E-state index in [1.54, 1.807) is 0 Å². The van der Waals surface area contributed by atoms with Crippen LogP contribution in [0, 0.1) is 0 Å². The molecule has 0 aliphatic rings. The Hall–Kier alpha value is 2.99. The van der Waals surface area contributed by atoms with Gasteiger partial charge in [-0.15, -0.1) is 0 Å². The van der Waals surface area contributed by atoms with Crippen molar-refractivity contribution in [2.45, 2.75) is 0 Å². The van der Waals surface area contributed by atoms with Crippen LogP contribution in [0.25, 0.3) is 0 Å². The van der Waals surface area contributed by atoms with E-state index in [0.717, 1.165) is 0 Å². The molecule has 0 aromatic rings. The van der Waals surface area contributed by atoms with Crippen LogP contribution in [0.5, 0.6) is 0 Å². The van der Waals surface area contributed by atoms with Crippen molar-refractivity contribution < 1.29 is 19.9 Å². The fourth-order valence-electron chi connectivity index (χ4n) is 0. The van der Waals surface area contributed by atoms with Crippen molar-refractivity contribution in [3.05, 3.63) is 0 Å². The summed E-state index contributed by atoms with van der Waals surface area (Å²) in [6.07, 6.45) is 0. The fourth-order valence-corrected chi connectivity index (χ4v) is 0. The van der Waals surface area contributed by atoms with Gasteiger partial charge in [-0.2, -0.15) is 0 Å². The van der Waals surface area contributed by atoms with Crippen molar-refractivity contribution in [1.29, 1.82) is 0 Å². The topological polar surface area (TPSA) is 0 Å². The second kappa shape index (κ2) is 16.7. The zero-order valence-electron chi connectivity index (χ0n) is 4.42. The number of hydrogen-bond donors (Lipinski definition) is 0. The maximum atomic E-state index is 0. The maximum absolute atomic E-state index is 0. The van der Waals surface area contributed by atoms with E-state index < -0.39 is 0 Å². The van der Waals surface area contributed by atoms with Crippen LogP contribution >= 0.6 is 0 Å². The van der Waals surface area contributed by atoms with Gasteiger partial charge in [0.05, 0.1) is 0 Å². The van der Waals surface area contributed by atoms with Gasteiger partial charge in [0.25, 0.3) is 0 Å². The summed E-state index contributed by atoms with van der Waals surface area (Å²) in [6, 6.07) is 0. The molecule has 0 amide bonds. The average molecular weight is 427 g/mol. The van der Waals surface area contributed by atoms with Gasteiger partial charge >= 0.3 is 73.7 Å². The van der Waals surface area contributed by atoms with E-state index in [1.165, 1.54) is 0 Å². The Morgan fingerprint density at radius 3 is 1.25 bits per heavy atom.